The molecule has 4 aromatic heterocycles. The lowest BCUT2D eigenvalue weighted by Crippen LogP contribution is -2.37. The van der Waals surface area contributed by atoms with Gasteiger partial charge in [0.15, 0.2) is 36.3 Å². The predicted molar refractivity (Wildman–Crippen MR) is 162 cm³/mol. The van der Waals surface area contributed by atoms with Crippen molar-refractivity contribution in [2.24, 2.45) is 0 Å². The van der Waals surface area contributed by atoms with Crippen molar-refractivity contribution in [3.05, 3.63) is 36.7 Å². The molecule has 0 bridgehead atoms. The first-order valence-corrected chi connectivity index (χ1v) is 17.8. The van der Waals surface area contributed by atoms with Gasteiger partial charge in [0.25, 0.3) is 14.9 Å². The third-order valence-electron chi connectivity index (χ3n) is 8.53. The molecule has 17 nitrogen and oxygen atoms in total. The molecule has 0 saturated carbocycles. The lowest BCUT2D eigenvalue weighted by Gasteiger charge is -2.29. The molecule has 3 saturated heterocycles. The second kappa shape index (κ2) is 11.7. The van der Waals surface area contributed by atoms with Gasteiger partial charge in [-0.2, -0.15) is 0 Å². The van der Waals surface area contributed by atoms with E-state index in [1.54, 1.807) is 12.3 Å². The van der Waals surface area contributed by atoms with E-state index in [0.717, 1.165) is 6.33 Å². The highest BCUT2D eigenvalue weighted by Gasteiger charge is 2.53. The van der Waals surface area contributed by atoms with Crippen molar-refractivity contribution in [2.45, 2.75) is 62.1 Å². The molecule has 4 aromatic rings. The number of nitrogens with zero attached hydrogens (tertiary/aromatic N) is 6. The number of ether oxygens (including phenoxy) is 2. The highest BCUT2D eigenvalue weighted by Crippen LogP contribution is 2.54. The summed E-state index contributed by atoms with van der Waals surface area (Å²) in [4.78, 5) is 28.6. The maximum Gasteiger partial charge on any atom is 0.264 e. The SMILES string of the molecule is [B]P1(=O)OC[C@H]2O[C@@H](n3cnc4c(N)ncnc43)C(F)[C@H]2OP([B])(=O)OC[C@H]2O[C@@H](n3cc4c5c(ccnc53)NC(=O)CC4)[C@@H](F)C2O1. The number of carbonyl (C=O) groups is 1. The minimum absolute atomic E-state index is 0.0366. The Labute approximate surface area is 271 Å². The van der Waals surface area contributed by atoms with Crippen LogP contribution in [0.25, 0.3) is 22.2 Å². The lowest BCUT2D eigenvalue weighted by molar-refractivity contribution is -0.116. The number of nitrogens with two attached hydrogens (primary N) is 1. The Morgan fingerprint density at radius 1 is 0.896 bits per heavy atom. The van der Waals surface area contributed by atoms with E-state index >= 15 is 8.78 Å². The molecular weight excluding hydrogens is 678 g/mol. The normalized spacial score (nSPS) is 37.3. The third kappa shape index (κ3) is 5.46. The van der Waals surface area contributed by atoms with Gasteiger partial charge in [-0.15, -0.1) is 0 Å². The van der Waals surface area contributed by atoms with Gasteiger partial charge in [0.1, 0.15) is 41.9 Å². The number of fused-ring (bicyclic) bond motifs is 3. The van der Waals surface area contributed by atoms with Crippen molar-refractivity contribution >= 4 is 69.7 Å². The number of amides is 1. The van der Waals surface area contributed by atoms with Crippen molar-refractivity contribution in [3.8, 4) is 0 Å². The summed E-state index contributed by atoms with van der Waals surface area (Å²) in [5.41, 5.74) is 7.64. The lowest BCUT2D eigenvalue weighted by atomic mass is 10.1. The van der Waals surface area contributed by atoms with Gasteiger partial charge in [-0.05, 0) is 18.1 Å². The van der Waals surface area contributed by atoms with Crippen molar-refractivity contribution < 1.29 is 50.3 Å². The van der Waals surface area contributed by atoms with Crippen LogP contribution >= 0.6 is 14.9 Å². The number of alkyl halides is 2. The summed E-state index contributed by atoms with van der Waals surface area (Å²) >= 11 is 0. The van der Waals surface area contributed by atoms with Crippen LogP contribution < -0.4 is 11.1 Å². The van der Waals surface area contributed by atoms with Crippen molar-refractivity contribution in [1.82, 2.24) is 29.1 Å². The topological polar surface area (TPSA) is 206 Å². The van der Waals surface area contributed by atoms with Gasteiger partial charge < -0.3 is 43.2 Å². The standard InChI is InChI=1S/C25H24B2F2N8O9P2/c26-47(39)42-7-13-20(17(29)25(44-13)37-9-34-18-21(30)32-8-33-23(18)37)46-48(27,40)41-6-12-19(45-47)16(28)24(43-12)36-5-10-1-2-14(38)35-11-3-4-31-22(36)15(10)11/h3-5,8-9,12-13,16-17,19-20,24-25H,1-2,6-7H2,(H,35,38)(H2,30,32,33)/t12-,13-,16+,17?,19?,20+,24-,25-,47?,48?/m1/s1. The van der Waals surface area contributed by atoms with Crippen LogP contribution in [0.1, 0.15) is 24.4 Å². The largest absolute Gasteiger partial charge is 0.382 e. The van der Waals surface area contributed by atoms with Crippen LogP contribution in [0.15, 0.2) is 31.1 Å². The Hall–Kier alpha value is -3.28. The molecular formula is C25H24B2F2N8O9P2. The molecule has 48 heavy (non-hydrogen) atoms. The summed E-state index contributed by atoms with van der Waals surface area (Å²) in [5.74, 6) is -0.144. The van der Waals surface area contributed by atoms with E-state index in [0.29, 0.717) is 28.7 Å². The number of imidazole rings is 1. The Morgan fingerprint density at radius 2 is 1.54 bits per heavy atom. The number of nitrogens with one attached hydrogen (secondary N) is 1. The highest BCUT2D eigenvalue weighted by atomic mass is 31.2. The van der Waals surface area contributed by atoms with Crippen LogP contribution in [0.3, 0.4) is 0 Å². The number of halogens is 2. The van der Waals surface area contributed by atoms with Gasteiger partial charge in [0.2, 0.25) is 21.0 Å². The molecule has 3 fully saturated rings. The number of aryl methyl sites for hydroxylation is 1. The number of hydrogen-bond acceptors (Lipinski definition) is 14. The fourth-order valence-electron chi connectivity index (χ4n) is 6.37. The minimum Gasteiger partial charge on any atom is -0.382 e. The maximum atomic E-state index is 16.3. The zero-order valence-electron chi connectivity index (χ0n) is 24.6. The van der Waals surface area contributed by atoms with E-state index in [-0.39, 0.29) is 29.3 Å². The molecule has 3 N–H and O–H groups in total. The van der Waals surface area contributed by atoms with E-state index in [1.807, 2.05) is 0 Å². The number of carbonyl (C=O) groups excluding carboxylic acids is 1. The van der Waals surface area contributed by atoms with Crippen molar-refractivity contribution in [3.63, 3.8) is 0 Å². The van der Waals surface area contributed by atoms with E-state index < -0.39 is 77.4 Å². The number of nitrogen functional groups attached to an aromatic ring is 1. The molecule has 8 rings (SSSR count). The second-order valence-electron chi connectivity index (χ2n) is 11.6. The fourth-order valence-corrected chi connectivity index (χ4v) is 8.39. The maximum absolute atomic E-state index is 16.3. The quantitative estimate of drug-likeness (QED) is 0.227. The number of aromatic nitrogens is 6. The third-order valence-corrected chi connectivity index (χ3v) is 10.6. The van der Waals surface area contributed by atoms with Gasteiger partial charge in [0.05, 0.1) is 25.2 Å². The van der Waals surface area contributed by atoms with E-state index in [9.17, 15) is 13.9 Å². The van der Waals surface area contributed by atoms with Gasteiger partial charge >= 0.3 is 0 Å². The fraction of sp³-hybridized carbons (Fsp3) is 0.480. The van der Waals surface area contributed by atoms with E-state index in [4.69, 9.17) is 48.4 Å². The Bertz CT molecular complexity index is 2040. The summed E-state index contributed by atoms with van der Waals surface area (Å²) in [6, 6.07) is 1.62. The average molecular weight is 702 g/mol. The molecule has 0 aliphatic carbocycles. The van der Waals surface area contributed by atoms with E-state index in [1.165, 1.54) is 21.7 Å². The van der Waals surface area contributed by atoms with Crippen LogP contribution in [0.4, 0.5) is 20.3 Å². The van der Waals surface area contributed by atoms with Gasteiger partial charge in [-0.25, -0.2) is 28.7 Å². The highest BCUT2D eigenvalue weighted by molar-refractivity contribution is 7.79. The second-order valence-corrected chi connectivity index (χ2v) is 14.7. The van der Waals surface area contributed by atoms with Crippen molar-refractivity contribution in [2.75, 3.05) is 24.3 Å². The van der Waals surface area contributed by atoms with Crippen molar-refractivity contribution in [1.29, 1.82) is 0 Å². The van der Waals surface area contributed by atoms with Crippen LogP contribution in [-0.4, -0.2) is 100 Å². The zero-order valence-corrected chi connectivity index (χ0v) is 26.4. The minimum atomic E-state index is -4.61. The van der Waals surface area contributed by atoms with Gasteiger partial charge in [-0.3, -0.25) is 18.5 Å². The molecule has 8 heterocycles. The number of rotatable bonds is 2. The Balaban J connectivity index is 1.08. The van der Waals surface area contributed by atoms with Crippen LogP contribution in [0, 0.1) is 0 Å². The molecule has 1 amide bonds. The number of pyridine rings is 1. The summed E-state index contributed by atoms with van der Waals surface area (Å²) in [7, 11) is 2.56. The molecule has 4 unspecified atom stereocenters. The Morgan fingerprint density at radius 3 is 2.21 bits per heavy atom. The number of anilines is 2. The molecule has 0 spiro atoms. The molecule has 4 radical (unpaired) electrons. The van der Waals surface area contributed by atoms with E-state index in [2.05, 4.69) is 25.3 Å². The number of hydrogen-bond donors (Lipinski definition) is 2. The molecule has 248 valence electrons. The van der Waals surface area contributed by atoms with Gasteiger partial charge in [0, 0.05) is 24.2 Å². The summed E-state index contributed by atoms with van der Waals surface area (Å²) in [6.45, 7) is -1.43. The smallest absolute Gasteiger partial charge is 0.264 e. The molecule has 0 aromatic carbocycles. The monoisotopic (exact) mass is 702 g/mol. The molecule has 4 aliphatic heterocycles. The summed E-state index contributed by atoms with van der Waals surface area (Å²) < 4.78 is 95.2. The molecule has 4 aliphatic rings. The molecule has 10 atom stereocenters. The van der Waals surface area contributed by atoms with Crippen LogP contribution in [0.2, 0.25) is 0 Å². The predicted octanol–water partition coefficient (Wildman–Crippen LogP) is 2.18. The van der Waals surface area contributed by atoms with Crippen LogP contribution in [0.5, 0.6) is 0 Å². The average Bonchev–Trinajstić information content (AvgIpc) is 3.75. The first-order valence-electron chi connectivity index (χ1n) is 14.6. The molecule has 23 heteroatoms. The summed E-state index contributed by atoms with van der Waals surface area (Å²) in [5, 5.41) is 3.40. The Kier molecular flexibility index (Phi) is 7.76. The van der Waals surface area contributed by atoms with Crippen LogP contribution in [-0.2, 0) is 47.9 Å². The zero-order chi connectivity index (χ0) is 33.5. The first-order chi connectivity index (χ1) is 22.9. The van der Waals surface area contributed by atoms with Gasteiger partial charge in [-0.1, -0.05) is 0 Å². The first kappa shape index (κ1) is 32.0. The summed E-state index contributed by atoms with van der Waals surface area (Å²) in [6.07, 6.45) is -7.31.